The van der Waals surface area contributed by atoms with Crippen LogP contribution in [0.2, 0.25) is 0 Å². The van der Waals surface area contributed by atoms with Crippen molar-refractivity contribution in [1.29, 1.82) is 0 Å². The number of halogens is 2. The van der Waals surface area contributed by atoms with Gasteiger partial charge in [-0.15, -0.1) is 0 Å². The molecular formula is C21H25FINO3. The van der Waals surface area contributed by atoms with Gasteiger partial charge in [0.1, 0.15) is 19.0 Å². The largest absolute Gasteiger partial charge is 0.490 e. The number of benzene rings is 2. The molecule has 0 bridgehead atoms. The zero-order valence-corrected chi connectivity index (χ0v) is 17.6. The van der Waals surface area contributed by atoms with Crippen molar-refractivity contribution in [2.24, 2.45) is 0 Å². The summed E-state index contributed by atoms with van der Waals surface area (Å²) < 4.78 is 29.0. The predicted molar refractivity (Wildman–Crippen MR) is 117 cm³/mol. The van der Waals surface area contributed by atoms with Gasteiger partial charge < -0.3 is 19.5 Å². The standard InChI is InChI=1S/C21H25FINO3/c1-24-19-7-4-17(5-8-19)2-3-18-6-9-21(20(23)16-18)27-15-14-26-13-12-25-11-10-22/h2-9,16,24H,10-15H2,1H3. The molecule has 0 saturated carbocycles. The van der Waals surface area contributed by atoms with Crippen LogP contribution in [0.5, 0.6) is 5.75 Å². The van der Waals surface area contributed by atoms with Crippen molar-refractivity contribution in [3.05, 3.63) is 57.2 Å². The van der Waals surface area contributed by atoms with Gasteiger partial charge in [0.15, 0.2) is 0 Å². The quantitative estimate of drug-likeness (QED) is 0.264. The highest BCUT2D eigenvalue weighted by molar-refractivity contribution is 14.1. The average molecular weight is 485 g/mol. The molecule has 146 valence electrons. The number of alkyl halides is 1. The number of rotatable bonds is 12. The van der Waals surface area contributed by atoms with E-state index in [0.717, 1.165) is 26.1 Å². The van der Waals surface area contributed by atoms with E-state index < -0.39 is 6.67 Å². The molecule has 0 aliphatic heterocycles. The lowest BCUT2D eigenvalue weighted by molar-refractivity contribution is 0.0324. The summed E-state index contributed by atoms with van der Waals surface area (Å²) in [5, 5.41) is 3.11. The van der Waals surface area contributed by atoms with Crippen molar-refractivity contribution >= 4 is 40.4 Å². The van der Waals surface area contributed by atoms with E-state index in [1.54, 1.807) is 0 Å². The normalized spacial score (nSPS) is 11.1. The Hall–Kier alpha value is -1.64. The van der Waals surface area contributed by atoms with Crippen LogP contribution in [0.1, 0.15) is 11.1 Å². The molecule has 0 fully saturated rings. The second-order valence-electron chi connectivity index (χ2n) is 5.66. The first-order valence-corrected chi connectivity index (χ1v) is 9.90. The summed E-state index contributed by atoms with van der Waals surface area (Å²) in [6.45, 7) is 1.44. The molecule has 0 aliphatic carbocycles. The molecule has 0 saturated heterocycles. The fraction of sp³-hybridized carbons (Fsp3) is 0.333. The molecule has 0 amide bonds. The van der Waals surface area contributed by atoms with Crippen LogP contribution in [0.25, 0.3) is 12.2 Å². The molecule has 4 nitrogen and oxygen atoms in total. The molecule has 1 N–H and O–H groups in total. The molecule has 27 heavy (non-hydrogen) atoms. The molecule has 0 aliphatic rings. The molecule has 0 heterocycles. The molecule has 2 aromatic rings. The number of nitrogens with one attached hydrogen (secondary N) is 1. The van der Waals surface area contributed by atoms with Gasteiger partial charge in [-0.25, -0.2) is 4.39 Å². The maximum atomic E-state index is 11.8. The minimum atomic E-state index is -0.463. The molecule has 6 heteroatoms. The van der Waals surface area contributed by atoms with Crippen LogP contribution in [0.3, 0.4) is 0 Å². The zero-order chi connectivity index (χ0) is 19.3. The van der Waals surface area contributed by atoms with Gasteiger partial charge in [0, 0.05) is 12.7 Å². The Balaban J connectivity index is 1.76. The van der Waals surface area contributed by atoms with E-state index in [0.29, 0.717) is 26.4 Å². The van der Waals surface area contributed by atoms with Gasteiger partial charge in [-0.2, -0.15) is 0 Å². The maximum Gasteiger partial charge on any atom is 0.132 e. The van der Waals surface area contributed by atoms with Crippen LogP contribution in [0.15, 0.2) is 42.5 Å². The smallest absolute Gasteiger partial charge is 0.132 e. The topological polar surface area (TPSA) is 39.7 Å². The van der Waals surface area contributed by atoms with Gasteiger partial charge in [0.2, 0.25) is 0 Å². The summed E-state index contributed by atoms with van der Waals surface area (Å²) in [4.78, 5) is 0. The Morgan fingerprint density at radius 2 is 1.52 bits per heavy atom. The summed E-state index contributed by atoms with van der Waals surface area (Å²) in [6, 6.07) is 14.3. The van der Waals surface area contributed by atoms with Crippen LogP contribution in [-0.2, 0) is 9.47 Å². The van der Waals surface area contributed by atoms with Gasteiger partial charge in [-0.05, 0) is 58.0 Å². The van der Waals surface area contributed by atoms with Gasteiger partial charge in [-0.1, -0.05) is 30.4 Å². The first-order valence-electron chi connectivity index (χ1n) is 8.82. The Kier molecular flexibility index (Phi) is 10.2. The van der Waals surface area contributed by atoms with E-state index in [4.69, 9.17) is 14.2 Å². The minimum absolute atomic E-state index is 0.125. The van der Waals surface area contributed by atoms with Gasteiger partial charge in [-0.3, -0.25) is 0 Å². The highest BCUT2D eigenvalue weighted by Crippen LogP contribution is 2.23. The van der Waals surface area contributed by atoms with Gasteiger partial charge in [0.25, 0.3) is 0 Å². The molecule has 2 rings (SSSR count). The number of ether oxygens (including phenoxy) is 3. The predicted octanol–water partition coefficient (Wildman–Crippen LogP) is 4.88. The fourth-order valence-corrected chi connectivity index (χ4v) is 2.97. The van der Waals surface area contributed by atoms with Gasteiger partial charge in [0.05, 0.1) is 30.0 Å². The molecule has 0 spiro atoms. The van der Waals surface area contributed by atoms with Crippen molar-refractivity contribution in [3.63, 3.8) is 0 Å². The average Bonchev–Trinajstić information content (AvgIpc) is 2.70. The zero-order valence-electron chi connectivity index (χ0n) is 15.4. The second kappa shape index (κ2) is 12.7. The number of hydrogen-bond donors (Lipinski definition) is 1. The Bertz CT molecular complexity index is 707. The van der Waals surface area contributed by atoms with Crippen molar-refractivity contribution in [2.45, 2.75) is 0 Å². The third-order valence-electron chi connectivity index (χ3n) is 3.70. The Morgan fingerprint density at radius 3 is 2.19 bits per heavy atom. The molecule has 0 radical (unpaired) electrons. The summed E-state index contributed by atoms with van der Waals surface area (Å²) in [6.07, 6.45) is 4.17. The van der Waals surface area contributed by atoms with E-state index in [2.05, 4.69) is 70.4 Å². The summed E-state index contributed by atoms with van der Waals surface area (Å²) in [5.41, 5.74) is 3.36. The third-order valence-corrected chi connectivity index (χ3v) is 4.55. The highest BCUT2D eigenvalue weighted by Gasteiger charge is 2.02. The van der Waals surface area contributed by atoms with E-state index >= 15 is 0 Å². The first-order chi connectivity index (χ1) is 13.2. The number of hydrogen-bond acceptors (Lipinski definition) is 4. The third kappa shape index (κ3) is 8.28. The second-order valence-corrected chi connectivity index (χ2v) is 6.82. The summed E-state index contributed by atoms with van der Waals surface area (Å²) in [5.74, 6) is 0.836. The lowest BCUT2D eigenvalue weighted by Gasteiger charge is -2.09. The van der Waals surface area contributed by atoms with Crippen LogP contribution < -0.4 is 10.1 Å². The highest BCUT2D eigenvalue weighted by atomic mass is 127. The van der Waals surface area contributed by atoms with Crippen LogP contribution in [-0.4, -0.2) is 46.8 Å². The Labute approximate surface area is 173 Å². The van der Waals surface area contributed by atoms with E-state index in [1.165, 1.54) is 0 Å². The maximum absolute atomic E-state index is 11.8. The number of anilines is 1. The van der Waals surface area contributed by atoms with Crippen LogP contribution in [0, 0.1) is 3.57 Å². The van der Waals surface area contributed by atoms with Crippen molar-refractivity contribution in [2.75, 3.05) is 52.1 Å². The lowest BCUT2D eigenvalue weighted by Crippen LogP contribution is -2.11. The molecule has 2 aromatic carbocycles. The van der Waals surface area contributed by atoms with Crippen molar-refractivity contribution in [1.82, 2.24) is 0 Å². The molecule has 0 atom stereocenters. The first kappa shape index (κ1) is 21.7. The molecular weight excluding hydrogens is 460 g/mol. The fourth-order valence-electron chi connectivity index (χ4n) is 2.28. The van der Waals surface area contributed by atoms with Crippen LogP contribution in [0.4, 0.5) is 10.1 Å². The van der Waals surface area contributed by atoms with E-state index in [-0.39, 0.29) is 6.61 Å². The minimum Gasteiger partial charge on any atom is -0.490 e. The van der Waals surface area contributed by atoms with Crippen molar-refractivity contribution in [3.8, 4) is 5.75 Å². The van der Waals surface area contributed by atoms with E-state index in [1.807, 2.05) is 19.2 Å². The SMILES string of the molecule is CNc1ccc(C=Cc2ccc(OCCOCCOCCF)c(I)c2)cc1. The summed E-state index contributed by atoms with van der Waals surface area (Å²) >= 11 is 2.27. The Morgan fingerprint density at radius 1 is 0.889 bits per heavy atom. The van der Waals surface area contributed by atoms with Crippen LogP contribution >= 0.6 is 22.6 Å². The molecule has 0 aromatic heterocycles. The van der Waals surface area contributed by atoms with E-state index in [9.17, 15) is 4.39 Å². The molecule has 0 unspecified atom stereocenters. The summed E-state index contributed by atoms with van der Waals surface area (Å²) in [7, 11) is 1.91. The van der Waals surface area contributed by atoms with Gasteiger partial charge >= 0.3 is 0 Å². The lowest BCUT2D eigenvalue weighted by atomic mass is 10.1. The monoisotopic (exact) mass is 485 g/mol. The van der Waals surface area contributed by atoms with Crippen molar-refractivity contribution < 1.29 is 18.6 Å².